The molecule has 266 valence electrons. The summed E-state index contributed by atoms with van der Waals surface area (Å²) >= 11 is 0. The number of hydrogen-bond acceptors (Lipinski definition) is 6. The third-order valence-corrected chi connectivity index (χ3v) is 8.66. The molecule has 11 heteroatoms. The number of fused-ring (bicyclic) bond motifs is 1. The largest absolute Gasteiger partial charge is 0.491 e. The Bertz CT molecular complexity index is 2200. The van der Waals surface area contributed by atoms with Gasteiger partial charge in [-0.15, -0.1) is 0 Å². The lowest BCUT2D eigenvalue weighted by Gasteiger charge is -2.37. The summed E-state index contributed by atoms with van der Waals surface area (Å²) in [5.74, 6) is 0.717. The number of anilines is 1. The minimum atomic E-state index is -5.43. The molecule has 8 nitrogen and oxygen atoms in total. The summed E-state index contributed by atoms with van der Waals surface area (Å²) < 4.78 is 43.7. The van der Waals surface area contributed by atoms with Crippen LogP contribution in [0.25, 0.3) is 0 Å². The Morgan fingerprint density at radius 2 is 1.36 bits per heavy atom. The van der Waals surface area contributed by atoms with E-state index in [9.17, 15) is 22.8 Å². The smallest absolute Gasteiger partial charge is 0.386 e. The molecule has 0 radical (unpaired) electrons. The number of alkyl halides is 3. The van der Waals surface area contributed by atoms with Gasteiger partial charge in [0.25, 0.3) is 11.8 Å². The third kappa shape index (κ3) is 8.35. The van der Waals surface area contributed by atoms with Gasteiger partial charge in [0.05, 0.1) is 30.3 Å². The van der Waals surface area contributed by atoms with E-state index < -0.39 is 48.4 Å². The molecular formula is C42H32F3N3O5. The highest BCUT2D eigenvalue weighted by atomic mass is 19.4. The highest BCUT2D eigenvalue weighted by Crippen LogP contribution is 2.42. The highest BCUT2D eigenvalue weighted by molar-refractivity contribution is 6.11. The van der Waals surface area contributed by atoms with Gasteiger partial charge < -0.3 is 20.3 Å². The quantitative estimate of drug-likeness (QED) is 0.105. The lowest BCUT2D eigenvalue weighted by Crippen LogP contribution is -2.45. The molecule has 6 rings (SSSR count). The SMILES string of the molecule is NCc1cccc(C#Cc2ccc3c(c2)C(=O)N(C(CC(=O)OC(=O)C(F)(F)F)c2ccccc2)C(c2ccccc2)C(=O)N3Cc2ccccc2)c1. The molecule has 0 fully saturated rings. The summed E-state index contributed by atoms with van der Waals surface area (Å²) in [6.07, 6.45) is -6.31. The van der Waals surface area contributed by atoms with E-state index in [0.29, 0.717) is 28.8 Å². The number of esters is 2. The maximum absolute atomic E-state index is 15.1. The maximum Gasteiger partial charge on any atom is 0.491 e. The number of amides is 2. The first-order valence-corrected chi connectivity index (χ1v) is 16.6. The highest BCUT2D eigenvalue weighted by Gasteiger charge is 2.46. The minimum absolute atomic E-state index is 0.0617. The molecule has 2 N–H and O–H groups in total. The van der Waals surface area contributed by atoms with Crippen LogP contribution in [0.1, 0.15) is 62.2 Å². The molecule has 53 heavy (non-hydrogen) atoms. The van der Waals surface area contributed by atoms with Gasteiger partial charge in [0.2, 0.25) is 0 Å². The van der Waals surface area contributed by atoms with Crippen LogP contribution in [0.4, 0.5) is 18.9 Å². The first kappa shape index (κ1) is 36.3. The van der Waals surface area contributed by atoms with Crippen LogP contribution in [0.5, 0.6) is 0 Å². The molecule has 2 amide bonds. The van der Waals surface area contributed by atoms with Crippen molar-refractivity contribution in [2.75, 3.05) is 4.90 Å². The summed E-state index contributed by atoms with van der Waals surface area (Å²) in [5, 5.41) is 0. The Morgan fingerprint density at radius 1 is 0.755 bits per heavy atom. The normalized spacial score (nSPS) is 14.8. The molecule has 2 atom stereocenters. The van der Waals surface area contributed by atoms with Gasteiger partial charge in [0.15, 0.2) is 0 Å². The van der Waals surface area contributed by atoms with Gasteiger partial charge in [0, 0.05) is 17.7 Å². The molecule has 2 unspecified atom stereocenters. The zero-order valence-corrected chi connectivity index (χ0v) is 28.1. The topological polar surface area (TPSA) is 110 Å². The lowest BCUT2D eigenvalue weighted by molar-refractivity contribution is -0.202. The second kappa shape index (κ2) is 15.8. The summed E-state index contributed by atoms with van der Waals surface area (Å²) in [5.41, 5.74) is 9.61. The standard InChI is InChI=1S/C42H32F3N3O5/c43-42(44,45)41(52)53-37(49)25-36(32-15-6-2-7-16-32)48-38(33-17-8-3-9-18-33)40(51)47(27-30-11-4-1-5-12-30)35-22-21-29(24-34(35)39(48)50)20-19-28-13-10-14-31(23-28)26-46/h1-18,21-24,36,38H,25-27,46H2. The van der Waals surface area contributed by atoms with E-state index in [1.807, 2.05) is 54.6 Å². The fraction of sp³-hybridized carbons (Fsp3) is 0.143. The molecule has 1 aliphatic heterocycles. The van der Waals surface area contributed by atoms with Crippen molar-refractivity contribution in [1.82, 2.24) is 4.90 Å². The van der Waals surface area contributed by atoms with Crippen LogP contribution in [0.3, 0.4) is 0 Å². The summed E-state index contributed by atoms with van der Waals surface area (Å²) in [7, 11) is 0. The van der Waals surface area contributed by atoms with Gasteiger partial charge in [0.1, 0.15) is 6.04 Å². The Hall–Kier alpha value is -6.51. The van der Waals surface area contributed by atoms with Crippen LogP contribution in [-0.2, 0) is 32.2 Å². The number of rotatable bonds is 8. The molecule has 0 aromatic heterocycles. The number of ether oxygens (including phenoxy) is 1. The van der Waals surface area contributed by atoms with Gasteiger partial charge in [-0.25, -0.2) is 4.79 Å². The summed E-state index contributed by atoms with van der Waals surface area (Å²) in [6, 6.07) is 35.2. The number of nitrogens with two attached hydrogens (primary N) is 1. The van der Waals surface area contributed by atoms with E-state index in [0.717, 1.165) is 11.1 Å². The molecule has 1 heterocycles. The Labute approximate surface area is 303 Å². The average Bonchev–Trinajstić information content (AvgIpc) is 3.25. The minimum Gasteiger partial charge on any atom is -0.386 e. The second-order valence-corrected chi connectivity index (χ2v) is 12.2. The molecule has 0 aliphatic carbocycles. The predicted octanol–water partition coefficient (Wildman–Crippen LogP) is 7.04. The van der Waals surface area contributed by atoms with Crippen LogP contribution in [0, 0.1) is 11.8 Å². The predicted molar refractivity (Wildman–Crippen MR) is 191 cm³/mol. The van der Waals surface area contributed by atoms with Crippen molar-refractivity contribution in [3.63, 3.8) is 0 Å². The van der Waals surface area contributed by atoms with E-state index in [-0.39, 0.29) is 17.8 Å². The van der Waals surface area contributed by atoms with Gasteiger partial charge in [-0.3, -0.25) is 14.4 Å². The molecule has 0 spiro atoms. The second-order valence-electron chi connectivity index (χ2n) is 12.2. The van der Waals surface area contributed by atoms with Gasteiger partial charge in [-0.05, 0) is 52.6 Å². The van der Waals surface area contributed by atoms with Crippen LogP contribution < -0.4 is 10.6 Å². The van der Waals surface area contributed by atoms with E-state index in [2.05, 4.69) is 16.6 Å². The first-order valence-electron chi connectivity index (χ1n) is 16.6. The van der Waals surface area contributed by atoms with Crippen LogP contribution in [0.2, 0.25) is 0 Å². The van der Waals surface area contributed by atoms with Gasteiger partial charge in [-0.2, -0.15) is 13.2 Å². The van der Waals surface area contributed by atoms with Crippen molar-refractivity contribution < 1.29 is 37.1 Å². The zero-order valence-electron chi connectivity index (χ0n) is 28.1. The molecular weight excluding hydrogens is 683 g/mol. The number of hydrogen-bond donors (Lipinski definition) is 1. The van der Waals surface area contributed by atoms with E-state index >= 15 is 9.59 Å². The number of carbonyl (C=O) groups excluding carboxylic acids is 4. The molecule has 0 saturated heterocycles. The molecule has 0 bridgehead atoms. The average molecular weight is 716 g/mol. The Kier molecular flexibility index (Phi) is 10.8. The van der Waals surface area contributed by atoms with Crippen LogP contribution in [0.15, 0.2) is 133 Å². The van der Waals surface area contributed by atoms with Crippen molar-refractivity contribution in [2.45, 2.75) is 37.8 Å². The number of carbonyl (C=O) groups is 4. The van der Waals surface area contributed by atoms with Crippen molar-refractivity contribution in [3.8, 4) is 11.8 Å². The molecule has 5 aromatic rings. The third-order valence-electron chi connectivity index (χ3n) is 8.66. The fourth-order valence-corrected chi connectivity index (χ4v) is 6.18. The monoisotopic (exact) mass is 715 g/mol. The van der Waals surface area contributed by atoms with Gasteiger partial charge in [-0.1, -0.05) is 115 Å². The molecule has 0 saturated carbocycles. The fourth-order valence-electron chi connectivity index (χ4n) is 6.18. The summed E-state index contributed by atoms with van der Waals surface area (Å²) in [6.45, 7) is 0.388. The lowest BCUT2D eigenvalue weighted by atomic mass is 9.95. The van der Waals surface area contributed by atoms with Crippen LogP contribution >= 0.6 is 0 Å². The van der Waals surface area contributed by atoms with E-state index in [1.165, 1.54) is 9.80 Å². The number of benzene rings is 5. The van der Waals surface area contributed by atoms with E-state index in [4.69, 9.17) is 5.73 Å². The number of nitrogens with zero attached hydrogens (tertiary/aromatic N) is 2. The first-order chi connectivity index (χ1) is 25.5. The molecule has 1 aliphatic rings. The Morgan fingerprint density at radius 3 is 2.00 bits per heavy atom. The zero-order chi connectivity index (χ0) is 37.5. The van der Waals surface area contributed by atoms with Crippen molar-refractivity contribution in [3.05, 3.63) is 172 Å². The summed E-state index contributed by atoms with van der Waals surface area (Å²) in [4.78, 5) is 57.7. The van der Waals surface area contributed by atoms with Crippen molar-refractivity contribution in [1.29, 1.82) is 0 Å². The number of halogens is 3. The van der Waals surface area contributed by atoms with Gasteiger partial charge >= 0.3 is 18.1 Å². The van der Waals surface area contributed by atoms with E-state index in [1.54, 1.807) is 78.9 Å². The van der Waals surface area contributed by atoms with Crippen molar-refractivity contribution in [2.24, 2.45) is 5.73 Å². The van der Waals surface area contributed by atoms with Crippen molar-refractivity contribution >= 4 is 29.4 Å². The maximum atomic E-state index is 15.1. The Balaban J connectivity index is 1.54. The molecule has 5 aromatic carbocycles. The van der Waals surface area contributed by atoms with Crippen LogP contribution in [-0.4, -0.2) is 34.8 Å².